The Balaban J connectivity index is 1.45. The Bertz CT molecular complexity index is 660. The molecule has 0 heterocycles. The summed E-state index contributed by atoms with van der Waals surface area (Å²) in [7, 11) is 0. The largest absolute Gasteiger partial charge is 0.0804 e. The van der Waals surface area contributed by atoms with Crippen LogP contribution in [0, 0.1) is 11.8 Å². The quantitative estimate of drug-likeness (QED) is 0.303. The first kappa shape index (κ1) is 23.4. The highest BCUT2D eigenvalue weighted by Gasteiger charge is 2.17. The Morgan fingerprint density at radius 2 is 1.03 bits per heavy atom. The maximum atomic E-state index is 2.55. The Kier molecular flexibility index (Phi) is 10.3. The molecule has 0 fully saturated rings. The smallest absolute Gasteiger partial charge is 0.0227 e. The summed E-state index contributed by atoms with van der Waals surface area (Å²) in [4.78, 5) is 0. The Labute approximate surface area is 187 Å². The molecular weight excluding hydrogens is 360 g/mol. The monoisotopic (exact) mass is 406 g/mol. The molecule has 2 aliphatic rings. The van der Waals surface area contributed by atoms with Crippen molar-refractivity contribution in [2.75, 3.05) is 0 Å². The predicted molar refractivity (Wildman–Crippen MR) is 135 cm³/mol. The summed E-state index contributed by atoms with van der Waals surface area (Å²) >= 11 is 0. The highest BCUT2D eigenvalue weighted by molar-refractivity contribution is 5.71. The average Bonchev–Trinajstić information content (AvgIpc) is 2.80. The molecule has 0 bridgehead atoms. The summed E-state index contributed by atoms with van der Waals surface area (Å²) in [5.41, 5.74) is 6.12. The van der Waals surface area contributed by atoms with E-state index in [0.717, 1.165) is 11.8 Å². The van der Waals surface area contributed by atoms with Gasteiger partial charge in [0.25, 0.3) is 0 Å². The minimum absolute atomic E-state index is 0.937. The van der Waals surface area contributed by atoms with Crippen molar-refractivity contribution in [3.63, 3.8) is 0 Å². The molecule has 0 nitrogen and oxygen atoms in total. The van der Waals surface area contributed by atoms with E-state index in [9.17, 15) is 0 Å². The van der Waals surface area contributed by atoms with E-state index in [1.807, 2.05) is 0 Å². The van der Waals surface area contributed by atoms with E-state index in [1.165, 1.54) is 114 Å². The number of allylic oxidation sites excluding steroid dienone is 4. The highest BCUT2D eigenvalue weighted by Crippen LogP contribution is 2.35. The van der Waals surface area contributed by atoms with Gasteiger partial charge in [0.2, 0.25) is 0 Å². The lowest BCUT2D eigenvalue weighted by atomic mass is 9.82. The minimum atomic E-state index is 0.937. The van der Waals surface area contributed by atoms with E-state index in [-0.39, 0.29) is 0 Å². The topological polar surface area (TPSA) is 0 Å². The molecule has 0 heteroatoms. The van der Waals surface area contributed by atoms with Crippen LogP contribution in [-0.4, -0.2) is 0 Å². The second kappa shape index (κ2) is 13.2. The van der Waals surface area contributed by atoms with Crippen LogP contribution in [0.25, 0.3) is 11.1 Å². The molecule has 30 heavy (non-hydrogen) atoms. The zero-order valence-electron chi connectivity index (χ0n) is 19.9. The zero-order chi connectivity index (χ0) is 21.0. The fourth-order valence-corrected chi connectivity index (χ4v) is 5.44. The molecule has 166 valence electrons. The second-order valence-corrected chi connectivity index (χ2v) is 10.0. The van der Waals surface area contributed by atoms with Crippen molar-refractivity contribution >= 4 is 11.1 Å². The molecule has 2 atom stereocenters. The van der Waals surface area contributed by atoms with Gasteiger partial charge in [-0.1, -0.05) is 114 Å². The van der Waals surface area contributed by atoms with Crippen molar-refractivity contribution in [3.05, 3.63) is 47.5 Å². The number of hydrogen-bond donors (Lipinski definition) is 0. The van der Waals surface area contributed by atoms with Crippen molar-refractivity contribution < 1.29 is 0 Å². The van der Waals surface area contributed by atoms with Crippen LogP contribution in [0.1, 0.15) is 128 Å². The van der Waals surface area contributed by atoms with Crippen LogP contribution < -0.4 is 0 Å². The maximum absolute atomic E-state index is 2.55. The van der Waals surface area contributed by atoms with Crippen molar-refractivity contribution in [1.29, 1.82) is 0 Å². The van der Waals surface area contributed by atoms with Gasteiger partial charge < -0.3 is 0 Å². The van der Waals surface area contributed by atoms with Crippen molar-refractivity contribution in [3.8, 4) is 0 Å². The van der Waals surface area contributed by atoms with Gasteiger partial charge in [0.05, 0.1) is 0 Å². The van der Waals surface area contributed by atoms with E-state index in [0.29, 0.717) is 0 Å². The van der Waals surface area contributed by atoms with Crippen LogP contribution in [0.5, 0.6) is 0 Å². The van der Waals surface area contributed by atoms with Gasteiger partial charge in [-0.3, -0.25) is 0 Å². The molecule has 1 aromatic rings. The first-order chi connectivity index (χ1) is 14.8. The van der Waals surface area contributed by atoms with Gasteiger partial charge in [-0.25, -0.2) is 0 Å². The SMILES string of the molecule is CCCCCCCC1CC=C(c2ccc(C3=CCC(CCCCC)CC3)cc2)CC1. The molecule has 0 amide bonds. The predicted octanol–water partition coefficient (Wildman–Crippen LogP) is 9.99. The summed E-state index contributed by atoms with van der Waals surface area (Å²) in [5.74, 6) is 1.87. The molecule has 1 aromatic carbocycles. The third kappa shape index (κ3) is 7.44. The first-order valence-electron chi connectivity index (χ1n) is 13.3. The lowest BCUT2D eigenvalue weighted by Gasteiger charge is -2.23. The van der Waals surface area contributed by atoms with Crippen LogP contribution >= 0.6 is 0 Å². The van der Waals surface area contributed by atoms with Crippen LogP contribution in [0.3, 0.4) is 0 Å². The standard InChI is InChI=1S/C30H46/c1-3-5-7-8-10-12-26-15-19-28(20-16-26)30-23-21-29(22-24-30)27-17-13-25(14-18-27)11-9-6-4-2/h17,19,21-26H,3-16,18,20H2,1-2H3. The molecule has 0 aliphatic heterocycles. The van der Waals surface area contributed by atoms with Crippen molar-refractivity contribution in [2.24, 2.45) is 11.8 Å². The van der Waals surface area contributed by atoms with Crippen LogP contribution in [0.2, 0.25) is 0 Å². The molecule has 2 unspecified atom stereocenters. The normalized spacial score (nSPS) is 21.9. The third-order valence-electron chi connectivity index (χ3n) is 7.60. The van der Waals surface area contributed by atoms with Crippen molar-refractivity contribution in [2.45, 2.75) is 117 Å². The summed E-state index contributed by atoms with van der Waals surface area (Å²) < 4.78 is 0. The van der Waals surface area contributed by atoms with Gasteiger partial charge in [0, 0.05) is 0 Å². The summed E-state index contributed by atoms with van der Waals surface area (Å²) in [6.45, 7) is 4.61. The van der Waals surface area contributed by atoms with Gasteiger partial charge in [-0.05, 0) is 72.6 Å². The van der Waals surface area contributed by atoms with Crippen LogP contribution in [-0.2, 0) is 0 Å². The van der Waals surface area contributed by atoms with Crippen LogP contribution in [0.4, 0.5) is 0 Å². The molecule has 3 rings (SSSR count). The number of benzene rings is 1. The zero-order valence-corrected chi connectivity index (χ0v) is 19.9. The number of rotatable bonds is 12. The van der Waals surface area contributed by atoms with E-state index < -0.39 is 0 Å². The molecule has 0 radical (unpaired) electrons. The maximum Gasteiger partial charge on any atom is -0.0227 e. The molecule has 0 N–H and O–H groups in total. The number of unbranched alkanes of at least 4 members (excludes halogenated alkanes) is 6. The molecular formula is C30H46. The fourth-order valence-electron chi connectivity index (χ4n) is 5.44. The van der Waals surface area contributed by atoms with Gasteiger partial charge in [-0.2, -0.15) is 0 Å². The lowest BCUT2D eigenvalue weighted by molar-refractivity contribution is 0.423. The first-order valence-corrected chi connectivity index (χ1v) is 13.3. The van der Waals surface area contributed by atoms with Crippen molar-refractivity contribution in [1.82, 2.24) is 0 Å². The highest BCUT2D eigenvalue weighted by atomic mass is 14.2. The van der Waals surface area contributed by atoms with E-state index in [1.54, 1.807) is 11.1 Å². The van der Waals surface area contributed by atoms with E-state index >= 15 is 0 Å². The number of hydrogen-bond acceptors (Lipinski definition) is 0. The minimum Gasteiger partial charge on any atom is -0.0804 e. The molecule has 0 saturated heterocycles. The second-order valence-electron chi connectivity index (χ2n) is 10.0. The van der Waals surface area contributed by atoms with Crippen LogP contribution in [0.15, 0.2) is 36.4 Å². The third-order valence-corrected chi connectivity index (χ3v) is 7.60. The lowest BCUT2D eigenvalue weighted by Crippen LogP contribution is -2.06. The van der Waals surface area contributed by atoms with E-state index in [4.69, 9.17) is 0 Å². The van der Waals surface area contributed by atoms with Gasteiger partial charge in [0.15, 0.2) is 0 Å². The summed E-state index contributed by atoms with van der Waals surface area (Å²) in [6.07, 6.45) is 27.2. The average molecular weight is 407 g/mol. The summed E-state index contributed by atoms with van der Waals surface area (Å²) in [5, 5.41) is 0. The Morgan fingerprint density at radius 3 is 1.47 bits per heavy atom. The van der Waals surface area contributed by atoms with Gasteiger partial charge in [0.1, 0.15) is 0 Å². The fraction of sp³-hybridized carbons (Fsp3) is 0.667. The molecule has 0 spiro atoms. The molecule has 2 aliphatic carbocycles. The van der Waals surface area contributed by atoms with E-state index in [2.05, 4.69) is 50.3 Å². The van der Waals surface area contributed by atoms with Gasteiger partial charge >= 0.3 is 0 Å². The Hall–Kier alpha value is -1.30. The molecule has 0 aromatic heterocycles. The van der Waals surface area contributed by atoms with Gasteiger partial charge in [-0.15, -0.1) is 0 Å². The Morgan fingerprint density at radius 1 is 0.600 bits per heavy atom. The summed E-state index contributed by atoms with van der Waals surface area (Å²) in [6, 6.07) is 9.55. The molecule has 0 saturated carbocycles.